The summed E-state index contributed by atoms with van der Waals surface area (Å²) in [5, 5.41) is 26.5. The molecule has 1 rings (SSSR count). The molecule has 0 bridgehead atoms. The van der Waals surface area contributed by atoms with E-state index < -0.39 is 11.7 Å². The summed E-state index contributed by atoms with van der Waals surface area (Å²) in [6, 6.07) is 1.90. The Labute approximate surface area is 92.3 Å². The standard InChI is InChI=1S/C11H10N2O3/c1-2-7-5-13-6-8(4-12)9(7)3-10(14)11(15)16/h3,5-6,14H,2H2,1H3,(H,15,16)/b10-3-. The van der Waals surface area contributed by atoms with Crippen molar-refractivity contribution >= 4 is 12.0 Å². The first-order chi connectivity index (χ1) is 7.60. The zero-order valence-corrected chi connectivity index (χ0v) is 8.64. The normalized spacial score (nSPS) is 10.9. The van der Waals surface area contributed by atoms with Gasteiger partial charge in [0.05, 0.1) is 5.56 Å². The van der Waals surface area contributed by atoms with Gasteiger partial charge in [-0.25, -0.2) is 4.79 Å². The van der Waals surface area contributed by atoms with E-state index in [-0.39, 0.29) is 5.56 Å². The zero-order valence-electron chi connectivity index (χ0n) is 8.64. The average molecular weight is 218 g/mol. The highest BCUT2D eigenvalue weighted by Gasteiger charge is 2.10. The monoisotopic (exact) mass is 218 g/mol. The van der Waals surface area contributed by atoms with Gasteiger partial charge in [0.1, 0.15) is 6.07 Å². The van der Waals surface area contributed by atoms with E-state index >= 15 is 0 Å². The molecule has 5 heteroatoms. The molecule has 0 amide bonds. The molecule has 1 heterocycles. The van der Waals surface area contributed by atoms with E-state index in [9.17, 15) is 4.79 Å². The van der Waals surface area contributed by atoms with Crippen LogP contribution >= 0.6 is 0 Å². The summed E-state index contributed by atoms with van der Waals surface area (Å²) in [5.74, 6) is -2.22. The zero-order chi connectivity index (χ0) is 12.1. The third-order valence-electron chi connectivity index (χ3n) is 2.07. The number of carboxylic acid groups (broad SMARTS) is 1. The fourth-order valence-electron chi connectivity index (χ4n) is 1.25. The first-order valence-corrected chi connectivity index (χ1v) is 4.61. The van der Waals surface area contributed by atoms with Crippen LogP contribution in [0.25, 0.3) is 6.08 Å². The van der Waals surface area contributed by atoms with E-state index in [0.717, 1.165) is 6.08 Å². The maximum Gasteiger partial charge on any atom is 0.370 e. The molecule has 1 aromatic rings. The molecule has 0 spiro atoms. The van der Waals surface area contributed by atoms with Crippen LogP contribution in [0.4, 0.5) is 0 Å². The van der Waals surface area contributed by atoms with Crippen LogP contribution in [0.15, 0.2) is 18.2 Å². The van der Waals surface area contributed by atoms with Gasteiger partial charge in [-0.1, -0.05) is 6.92 Å². The number of carbonyl (C=O) groups is 1. The van der Waals surface area contributed by atoms with Crippen molar-refractivity contribution in [1.82, 2.24) is 4.98 Å². The van der Waals surface area contributed by atoms with Crippen LogP contribution < -0.4 is 0 Å². The van der Waals surface area contributed by atoms with Crippen molar-refractivity contribution in [2.75, 3.05) is 0 Å². The van der Waals surface area contributed by atoms with Gasteiger partial charge in [0.15, 0.2) is 0 Å². The van der Waals surface area contributed by atoms with Crippen LogP contribution in [-0.4, -0.2) is 21.2 Å². The molecule has 82 valence electrons. The lowest BCUT2D eigenvalue weighted by Crippen LogP contribution is -2.01. The van der Waals surface area contributed by atoms with Gasteiger partial charge in [-0.2, -0.15) is 5.26 Å². The molecule has 16 heavy (non-hydrogen) atoms. The van der Waals surface area contributed by atoms with Crippen LogP contribution in [0.2, 0.25) is 0 Å². The van der Waals surface area contributed by atoms with Gasteiger partial charge in [0, 0.05) is 18.0 Å². The molecule has 5 nitrogen and oxygen atoms in total. The number of nitriles is 1. The smallest absolute Gasteiger partial charge is 0.370 e. The number of hydrogen-bond donors (Lipinski definition) is 2. The van der Waals surface area contributed by atoms with E-state index in [1.165, 1.54) is 6.20 Å². The predicted molar refractivity (Wildman–Crippen MR) is 56.6 cm³/mol. The van der Waals surface area contributed by atoms with Crippen molar-refractivity contribution in [1.29, 1.82) is 5.26 Å². The van der Waals surface area contributed by atoms with Crippen molar-refractivity contribution in [3.8, 4) is 6.07 Å². The Bertz CT molecular complexity index is 486. The predicted octanol–water partition coefficient (Wildman–Crippen LogP) is 1.50. The van der Waals surface area contributed by atoms with Crippen molar-refractivity contribution in [2.24, 2.45) is 0 Å². The Morgan fingerprint density at radius 1 is 1.56 bits per heavy atom. The number of rotatable bonds is 3. The van der Waals surface area contributed by atoms with Crippen LogP contribution in [-0.2, 0) is 11.2 Å². The second-order valence-corrected chi connectivity index (χ2v) is 3.06. The first kappa shape index (κ1) is 11.7. The molecule has 0 aliphatic rings. The Balaban J connectivity index is 3.36. The number of aromatic nitrogens is 1. The van der Waals surface area contributed by atoms with Gasteiger partial charge in [0.25, 0.3) is 0 Å². The maximum absolute atomic E-state index is 10.5. The number of aliphatic hydroxyl groups excluding tert-OH is 1. The molecule has 0 saturated heterocycles. The Morgan fingerprint density at radius 3 is 2.75 bits per heavy atom. The van der Waals surface area contributed by atoms with E-state index in [1.807, 2.05) is 13.0 Å². The number of hydrogen-bond acceptors (Lipinski definition) is 4. The summed E-state index contributed by atoms with van der Waals surface area (Å²) >= 11 is 0. The molecular weight excluding hydrogens is 208 g/mol. The Hall–Kier alpha value is -2.35. The molecule has 0 unspecified atom stereocenters. The minimum atomic E-state index is -1.43. The van der Waals surface area contributed by atoms with Crippen molar-refractivity contribution < 1.29 is 15.0 Å². The van der Waals surface area contributed by atoms with Crippen molar-refractivity contribution in [3.05, 3.63) is 34.8 Å². The number of nitrogens with zero attached hydrogens (tertiary/aromatic N) is 2. The number of aryl methyl sites for hydroxylation is 1. The molecule has 0 radical (unpaired) electrons. The van der Waals surface area contributed by atoms with Crippen molar-refractivity contribution in [3.63, 3.8) is 0 Å². The van der Waals surface area contributed by atoms with Gasteiger partial charge in [-0.15, -0.1) is 0 Å². The fraction of sp³-hybridized carbons (Fsp3) is 0.182. The Morgan fingerprint density at radius 2 is 2.25 bits per heavy atom. The molecule has 2 N–H and O–H groups in total. The van der Waals surface area contributed by atoms with Crippen LogP contribution in [0.5, 0.6) is 0 Å². The van der Waals surface area contributed by atoms with E-state index in [1.54, 1.807) is 6.20 Å². The lowest BCUT2D eigenvalue weighted by atomic mass is 10.0. The second kappa shape index (κ2) is 4.94. The summed E-state index contributed by atoms with van der Waals surface area (Å²) in [6.07, 6.45) is 4.55. The maximum atomic E-state index is 10.5. The summed E-state index contributed by atoms with van der Waals surface area (Å²) in [7, 11) is 0. The summed E-state index contributed by atoms with van der Waals surface area (Å²) in [5.41, 5.74) is 1.36. The minimum Gasteiger partial charge on any atom is -0.502 e. The van der Waals surface area contributed by atoms with Crippen LogP contribution in [0, 0.1) is 11.3 Å². The molecule has 0 aliphatic heterocycles. The third-order valence-corrected chi connectivity index (χ3v) is 2.07. The third kappa shape index (κ3) is 2.36. The molecule has 0 atom stereocenters. The molecule has 0 aromatic carbocycles. The second-order valence-electron chi connectivity index (χ2n) is 3.06. The molecule has 0 saturated carbocycles. The van der Waals surface area contributed by atoms with Gasteiger partial charge < -0.3 is 10.2 Å². The molecule has 0 aliphatic carbocycles. The lowest BCUT2D eigenvalue weighted by Gasteiger charge is -2.04. The SMILES string of the molecule is CCc1cncc(C#N)c1/C=C(\O)C(=O)O. The summed E-state index contributed by atoms with van der Waals surface area (Å²) in [4.78, 5) is 14.3. The van der Waals surface area contributed by atoms with Crippen LogP contribution in [0.3, 0.4) is 0 Å². The summed E-state index contributed by atoms with van der Waals surface area (Å²) < 4.78 is 0. The molecular formula is C11H10N2O3. The summed E-state index contributed by atoms with van der Waals surface area (Å²) in [6.45, 7) is 1.85. The van der Waals surface area contributed by atoms with E-state index in [0.29, 0.717) is 17.5 Å². The highest BCUT2D eigenvalue weighted by Crippen LogP contribution is 2.16. The highest BCUT2D eigenvalue weighted by molar-refractivity contribution is 5.90. The largest absolute Gasteiger partial charge is 0.502 e. The first-order valence-electron chi connectivity index (χ1n) is 4.61. The number of aliphatic carboxylic acids is 1. The van der Waals surface area contributed by atoms with Gasteiger partial charge >= 0.3 is 5.97 Å². The van der Waals surface area contributed by atoms with Gasteiger partial charge in [-0.05, 0) is 18.1 Å². The quantitative estimate of drug-likeness (QED) is 0.592. The topological polar surface area (TPSA) is 94.2 Å². The van der Waals surface area contributed by atoms with Gasteiger partial charge in [0.2, 0.25) is 5.76 Å². The average Bonchev–Trinajstić information content (AvgIpc) is 2.29. The number of carboxylic acids is 1. The fourth-order valence-corrected chi connectivity index (χ4v) is 1.25. The molecule has 0 fully saturated rings. The Kier molecular flexibility index (Phi) is 3.62. The van der Waals surface area contributed by atoms with E-state index in [2.05, 4.69) is 4.98 Å². The van der Waals surface area contributed by atoms with Crippen molar-refractivity contribution in [2.45, 2.75) is 13.3 Å². The number of aliphatic hydroxyl groups is 1. The highest BCUT2D eigenvalue weighted by atomic mass is 16.4. The van der Waals surface area contributed by atoms with E-state index in [4.69, 9.17) is 15.5 Å². The number of pyridine rings is 1. The van der Waals surface area contributed by atoms with Gasteiger partial charge in [-0.3, -0.25) is 4.98 Å². The molecule has 1 aromatic heterocycles. The minimum absolute atomic E-state index is 0.243. The lowest BCUT2D eigenvalue weighted by molar-refractivity contribution is -0.135. The van der Waals surface area contributed by atoms with Crippen LogP contribution in [0.1, 0.15) is 23.6 Å².